The molecule has 0 bridgehead atoms. The predicted molar refractivity (Wildman–Crippen MR) is 125 cm³/mol. The highest BCUT2D eigenvalue weighted by atomic mass is 16.3. The van der Waals surface area contributed by atoms with Crippen molar-refractivity contribution >= 4 is 11.5 Å². The lowest BCUT2D eigenvalue weighted by Crippen LogP contribution is -2.40. The predicted octanol–water partition coefficient (Wildman–Crippen LogP) is 1.78. The van der Waals surface area contributed by atoms with Crippen molar-refractivity contribution in [1.82, 2.24) is 14.5 Å². The number of H-pyrrole nitrogens is 1. The molecule has 0 fully saturated rings. The van der Waals surface area contributed by atoms with E-state index in [4.69, 9.17) is 0 Å². The van der Waals surface area contributed by atoms with Gasteiger partial charge in [0.15, 0.2) is 0 Å². The molecule has 31 heavy (non-hydrogen) atoms. The first-order chi connectivity index (χ1) is 14.7. The first kappa shape index (κ1) is 25.4. The summed E-state index contributed by atoms with van der Waals surface area (Å²) in [4.78, 5) is 32.1. The van der Waals surface area contributed by atoms with E-state index in [1.165, 1.54) is 36.7 Å². The Labute approximate surface area is 185 Å². The van der Waals surface area contributed by atoms with Gasteiger partial charge >= 0.3 is 5.69 Å². The molecule has 9 heteroatoms. The van der Waals surface area contributed by atoms with Gasteiger partial charge in [0.2, 0.25) is 0 Å². The van der Waals surface area contributed by atoms with E-state index in [1.807, 2.05) is 11.9 Å². The Morgan fingerprint density at radius 3 is 1.97 bits per heavy atom. The van der Waals surface area contributed by atoms with E-state index in [0.29, 0.717) is 12.4 Å². The number of nitrogens with zero attached hydrogens (tertiary/aromatic N) is 4. The van der Waals surface area contributed by atoms with Gasteiger partial charge in [-0.15, -0.1) is 0 Å². The fourth-order valence-electron chi connectivity index (χ4n) is 4.39. The van der Waals surface area contributed by atoms with Gasteiger partial charge in [-0.05, 0) is 26.7 Å². The first-order valence-electron chi connectivity index (χ1n) is 11.6. The maximum absolute atomic E-state index is 12.1. The molecule has 0 radical (unpaired) electrons. The van der Waals surface area contributed by atoms with Crippen LogP contribution in [0.3, 0.4) is 0 Å². The summed E-state index contributed by atoms with van der Waals surface area (Å²) in [6, 6.07) is 0. The highest BCUT2D eigenvalue weighted by Crippen LogP contribution is 2.29. The molecule has 2 heterocycles. The lowest BCUT2D eigenvalue weighted by atomic mass is 10.1. The van der Waals surface area contributed by atoms with Crippen LogP contribution in [0.5, 0.6) is 0 Å². The standard InChI is InChI=1S/C22H41N5O4/c1-17(28)27(18(2)29)15-13-11-9-7-5-6-8-10-12-14-26-16-24(3)19-20(30)23-22(31)25(4)21(19)26/h17-18,28-29H,5-16H2,1-4H3,(H,23,30,31). The molecule has 1 aromatic rings. The fraction of sp³-hybridized carbons (Fsp3) is 0.818. The lowest BCUT2D eigenvalue weighted by molar-refractivity contribution is -0.0844. The summed E-state index contributed by atoms with van der Waals surface area (Å²) in [6.07, 6.45) is 9.14. The summed E-state index contributed by atoms with van der Waals surface area (Å²) in [5.74, 6) is 0.723. The number of nitrogens with one attached hydrogen (secondary N) is 1. The molecule has 0 aromatic carbocycles. The number of fused-ring (bicyclic) bond motifs is 1. The zero-order valence-corrected chi connectivity index (χ0v) is 19.6. The average molecular weight is 440 g/mol. The van der Waals surface area contributed by atoms with E-state index in [9.17, 15) is 19.8 Å². The summed E-state index contributed by atoms with van der Waals surface area (Å²) in [5.41, 5.74) is -0.104. The van der Waals surface area contributed by atoms with Crippen LogP contribution in [0.2, 0.25) is 0 Å². The van der Waals surface area contributed by atoms with Crippen LogP contribution in [-0.2, 0) is 7.05 Å². The summed E-state index contributed by atoms with van der Waals surface area (Å²) >= 11 is 0. The van der Waals surface area contributed by atoms with Crippen LogP contribution in [0, 0.1) is 0 Å². The zero-order chi connectivity index (χ0) is 23.0. The Morgan fingerprint density at radius 1 is 0.903 bits per heavy atom. The van der Waals surface area contributed by atoms with Crippen molar-refractivity contribution in [2.45, 2.75) is 84.1 Å². The van der Waals surface area contributed by atoms with E-state index in [0.717, 1.165) is 44.6 Å². The largest absolute Gasteiger partial charge is 0.379 e. The minimum absolute atomic E-state index is 0.312. The molecule has 0 spiro atoms. The van der Waals surface area contributed by atoms with E-state index in [1.54, 1.807) is 25.8 Å². The Morgan fingerprint density at radius 2 is 1.42 bits per heavy atom. The smallest absolute Gasteiger partial charge is 0.329 e. The number of aliphatic hydroxyl groups is 2. The van der Waals surface area contributed by atoms with Crippen LogP contribution in [0.1, 0.15) is 71.6 Å². The van der Waals surface area contributed by atoms with E-state index in [2.05, 4.69) is 9.88 Å². The second-order valence-electron chi connectivity index (χ2n) is 8.78. The molecular weight excluding hydrogens is 398 g/mol. The number of unbranched alkanes of at least 4 members (excludes halogenated alkanes) is 8. The molecule has 2 atom stereocenters. The number of aromatic nitrogens is 2. The second-order valence-corrected chi connectivity index (χ2v) is 8.78. The van der Waals surface area contributed by atoms with Gasteiger partial charge in [0.25, 0.3) is 5.56 Å². The third-order valence-electron chi connectivity index (χ3n) is 6.14. The number of aliphatic hydroxyl groups excluding tert-OH is 2. The number of rotatable bonds is 14. The molecule has 2 unspecified atom stereocenters. The van der Waals surface area contributed by atoms with Gasteiger partial charge in [0.05, 0.1) is 6.67 Å². The van der Waals surface area contributed by atoms with E-state index < -0.39 is 12.5 Å². The van der Waals surface area contributed by atoms with Crippen LogP contribution in [0.15, 0.2) is 9.59 Å². The Kier molecular flexibility index (Phi) is 10.1. The van der Waals surface area contributed by atoms with Gasteiger partial charge in [-0.1, -0.05) is 44.9 Å². The van der Waals surface area contributed by atoms with Gasteiger partial charge in [0.1, 0.15) is 24.0 Å². The summed E-state index contributed by atoms with van der Waals surface area (Å²) in [7, 11) is 3.58. The Balaban J connectivity index is 1.57. The van der Waals surface area contributed by atoms with Crippen LogP contribution in [0.25, 0.3) is 0 Å². The zero-order valence-electron chi connectivity index (χ0n) is 19.6. The topological polar surface area (TPSA) is 105 Å². The third-order valence-corrected chi connectivity index (χ3v) is 6.14. The molecule has 0 saturated heterocycles. The molecule has 3 N–H and O–H groups in total. The van der Waals surface area contributed by atoms with Gasteiger partial charge < -0.3 is 20.0 Å². The van der Waals surface area contributed by atoms with Crippen molar-refractivity contribution in [2.24, 2.45) is 7.05 Å². The number of hydrogen-bond acceptors (Lipinski definition) is 7. The molecule has 9 nitrogen and oxygen atoms in total. The molecule has 1 aliphatic rings. The molecule has 1 aliphatic heterocycles. The highest BCUT2D eigenvalue weighted by Gasteiger charge is 2.28. The number of aromatic amines is 1. The summed E-state index contributed by atoms with van der Waals surface area (Å²) in [6.45, 7) is 5.58. The van der Waals surface area contributed by atoms with Crippen LogP contribution < -0.4 is 21.0 Å². The number of hydrogen-bond donors (Lipinski definition) is 3. The fourth-order valence-corrected chi connectivity index (χ4v) is 4.39. The SMILES string of the molecule is CC(O)N(CCCCCCCCCCCN1CN(C)c2c1n(C)c(=O)[nH]c2=O)C(C)O. The van der Waals surface area contributed by atoms with Crippen molar-refractivity contribution < 1.29 is 10.2 Å². The van der Waals surface area contributed by atoms with E-state index in [-0.39, 0.29) is 11.2 Å². The average Bonchev–Trinajstić information content (AvgIpc) is 3.03. The minimum Gasteiger partial charge on any atom is -0.379 e. The second kappa shape index (κ2) is 12.3. The maximum Gasteiger partial charge on any atom is 0.329 e. The molecule has 1 aromatic heterocycles. The molecular formula is C22H41N5O4. The van der Waals surface area contributed by atoms with Crippen molar-refractivity contribution in [1.29, 1.82) is 0 Å². The summed E-state index contributed by atoms with van der Waals surface area (Å²) < 4.78 is 1.53. The highest BCUT2D eigenvalue weighted by molar-refractivity contribution is 5.71. The van der Waals surface area contributed by atoms with Gasteiger partial charge in [0, 0.05) is 27.2 Å². The van der Waals surface area contributed by atoms with Crippen molar-refractivity contribution in [2.75, 3.05) is 36.6 Å². The number of anilines is 2. The Bertz CT molecular complexity index is 781. The van der Waals surface area contributed by atoms with Gasteiger partial charge in [-0.25, -0.2) is 4.79 Å². The van der Waals surface area contributed by atoms with Crippen molar-refractivity contribution in [3.05, 3.63) is 20.8 Å². The van der Waals surface area contributed by atoms with Crippen LogP contribution >= 0.6 is 0 Å². The first-order valence-corrected chi connectivity index (χ1v) is 11.6. The molecule has 0 amide bonds. The lowest BCUT2D eigenvalue weighted by Gasteiger charge is -2.27. The molecule has 0 aliphatic carbocycles. The normalized spacial score (nSPS) is 15.6. The summed E-state index contributed by atoms with van der Waals surface area (Å²) in [5, 5.41) is 19.2. The maximum atomic E-state index is 12.1. The minimum atomic E-state index is -0.611. The van der Waals surface area contributed by atoms with Crippen LogP contribution in [-0.4, -0.2) is 63.9 Å². The third kappa shape index (κ3) is 7.08. The van der Waals surface area contributed by atoms with Crippen molar-refractivity contribution in [3.8, 4) is 0 Å². The quantitative estimate of drug-likeness (QED) is 0.300. The molecule has 0 saturated carbocycles. The monoisotopic (exact) mass is 439 g/mol. The molecule has 2 rings (SSSR count). The van der Waals surface area contributed by atoms with Gasteiger partial charge in [-0.3, -0.25) is 19.2 Å². The van der Waals surface area contributed by atoms with Crippen LogP contribution in [0.4, 0.5) is 11.5 Å². The van der Waals surface area contributed by atoms with Gasteiger partial charge in [-0.2, -0.15) is 0 Å². The van der Waals surface area contributed by atoms with E-state index >= 15 is 0 Å². The Hall–Kier alpha value is -1.84. The molecule has 178 valence electrons. The van der Waals surface area contributed by atoms with Crippen molar-refractivity contribution in [3.63, 3.8) is 0 Å².